The Morgan fingerprint density at radius 2 is 1.85 bits per heavy atom. The number of nitrogens with two attached hydrogens (primary N) is 1. The van der Waals surface area contributed by atoms with Gasteiger partial charge in [0.1, 0.15) is 0 Å². The molecule has 0 aliphatic carbocycles. The molecule has 1 saturated heterocycles. The Bertz CT molecular complexity index is 455. The molecule has 1 fully saturated rings. The van der Waals surface area contributed by atoms with Gasteiger partial charge in [-0.05, 0) is 48.8 Å². The molecule has 0 bridgehead atoms. The van der Waals surface area contributed by atoms with Crippen molar-refractivity contribution in [2.75, 3.05) is 18.0 Å². The van der Waals surface area contributed by atoms with Crippen LogP contribution in [0.4, 0.5) is 5.69 Å². The van der Waals surface area contributed by atoms with Crippen LogP contribution >= 0.6 is 15.9 Å². The zero-order valence-corrected chi connectivity index (χ0v) is 14.7. The number of halogens is 1. The molecule has 0 unspecified atom stereocenters. The minimum absolute atomic E-state index is 0.0741. The maximum absolute atomic E-state index is 5.97. The van der Waals surface area contributed by atoms with Gasteiger partial charge in [0.2, 0.25) is 0 Å². The molecule has 1 aliphatic heterocycles. The third-order valence-electron chi connectivity index (χ3n) is 4.56. The largest absolute Gasteiger partial charge is 0.371 e. The van der Waals surface area contributed by atoms with E-state index in [9.17, 15) is 0 Å². The minimum atomic E-state index is 0.0741. The van der Waals surface area contributed by atoms with Crippen molar-refractivity contribution in [2.24, 2.45) is 17.1 Å². The molecule has 1 aromatic rings. The van der Waals surface area contributed by atoms with E-state index in [1.165, 1.54) is 24.1 Å². The number of benzene rings is 1. The zero-order valence-electron chi connectivity index (χ0n) is 13.1. The third-order valence-corrected chi connectivity index (χ3v) is 5.25. The fourth-order valence-corrected chi connectivity index (χ4v) is 3.81. The first-order valence-electron chi connectivity index (χ1n) is 7.59. The number of piperidine rings is 1. The summed E-state index contributed by atoms with van der Waals surface area (Å²) in [5.41, 5.74) is 8.89. The van der Waals surface area contributed by atoms with Crippen molar-refractivity contribution >= 4 is 21.6 Å². The second kappa shape index (κ2) is 6.07. The monoisotopic (exact) mass is 338 g/mol. The Kier molecular flexibility index (Phi) is 4.80. The number of hydrogen-bond acceptors (Lipinski definition) is 2. The van der Waals surface area contributed by atoms with E-state index >= 15 is 0 Å². The molecule has 0 saturated carbocycles. The van der Waals surface area contributed by atoms with E-state index in [1.54, 1.807) is 0 Å². The average molecular weight is 339 g/mol. The van der Waals surface area contributed by atoms with Gasteiger partial charge in [-0.2, -0.15) is 0 Å². The van der Waals surface area contributed by atoms with E-state index in [0.29, 0.717) is 5.41 Å². The predicted molar refractivity (Wildman–Crippen MR) is 91.1 cm³/mol. The normalized spacial score (nSPS) is 19.2. The fraction of sp³-hybridized carbons (Fsp3) is 0.647. The standard InChI is InChI=1S/C17H27BrN2/c1-12(19)15-6-5-14(11-16(15)18)20-9-7-13(8-10-20)17(2,3)4/h5-6,11-13H,7-10,19H2,1-4H3/t12-/m1/s1. The summed E-state index contributed by atoms with van der Waals surface area (Å²) in [6.07, 6.45) is 2.58. The van der Waals surface area contributed by atoms with Crippen LogP contribution < -0.4 is 10.6 Å². The van der Waals surface area contributed by atoms with E-state index in [4.69, 9.17) is 5.73 Å². The SMILES string of the molecule is C[C@@H](N)c1ccc(N2CCC(C(C)(C)C)CC2)cc1Br. The van der Waals surface area contributed by atoms with Crippen LogP contribution in [-0.4, -0.2) is 13.1 Å². The van der Waals surface area contributed by atoms with E-state index in [1.807, 2.05) is 6.92 Å². The summed E-state index contributed by atoms with van der Waals surface area (Å²) in [6, 6.07) is 6.65. The van der Waals surface area contributed by atoms with Crippen LogP contribution in [0.3, 0.4) is 0 Å². The van der Waals surface area contributed by atoms with Gasteiger partial charge in [-0.15, -0.1) is 0 Å². The zero-order chi connectivity index (χ0) is 14.9. The third kappa shape index (κ3) is 3.56. The average Bonchev–Trinajstić information content (AvgIpc) is 2.37. The quantitative estimate of drug-likeness (QED) is 0.844. The summed E-state index contributed by atoms with van der Waals surface area (Å²) in [7, 11) is 0. The number of anilines is 1. The lowest BCUT2D eigenvalue weighted by molar-refractivity contribution is 0.199. The Labute approximate surface area is 131 Å². The van der Waals surface area contributed by atoms with Crippen LogP contribution in [0.5, 0.6) is 0 Å². The van der Waals surface area contributed by atoms with Gasteiger partial charge >= 0.3 is 0 Å². The van der Waals surface area contributed by atoms with E-state index < -0.39 is 0 Å². The predicted octanol–water partition coefficient (Wildman–Crippen LogP) is 4.73. The van der Waals surface area contributed by atoms with Crippen molar-refractivity contribution < 1.29 is 0 Å². The van der Waals surface area contributed by atoms with Crippen molar-refractivity contribution in [3.05, 3.63) is 28.2 Å². The Hall–Kier alpha value is -0.540. The first-order chi connectivity index (χ1) is 9.29. The lowest BCUT2D eigenvalue weighted by Crippen LogP contribution is -2.38. The van der Waals surface area contributed by atoms with Crippen LogP contribution in [0.25, 0.3) is 0 Å². The highest BCUT2D eigenvalue weighted by Crippen LogP contribution is 2.36. The summed E-state index contributed by atoms with van der Waals surface area (Å²) < 4.78 is 1.13. The molecule has 0 amide bonds. The number of nitrogens with zero attached hydrogens (tertiary/aromatic N) is 1. The minimum Gasteiger partial charge on any atom is -0.371 e. The maximum atomic E-state index is 5.97. The van der Waals surface area contributed by atoms with E-state index in [0.717, 1.165) is 23.5 Å². The lowest BCUT2D eigenvalue weighted by Gasteiger charge is -2.40. The molecule has 112 valence electrons. The topological polar surface area (TPSA) is 29.3 Å². The first kappa shape index (κ1) is 15.8. The Balaban J connectivity index is 2.06. The molecule has 1 heterocycles. The van der Waals surface area contributed by atoms with E-state index in [2.05, 4.69) is 59.8 Å². The number of hydrogen-bond donors (Lipinski definition) is 1. The van der Waals surface area contributed by atoms with Gasteiger partial charge in [0.05, 0.1) is 0 Å². The molecule has 1 aliphatic rings. The maximum Gasteiger partial charge on any atom is 0.0377 e. The molecule has 20 heavy (non-hydrogen) atoms. The molecular formula is C17H27BrN2. The van der Waals surface area contributed by atoms with Crippen LogP contribution in [0, 0.1) is 11.3 Å². The molecule has 1 aromatic carbocycles. The van der Waals surface area contributed by atoms with Gasteiger partial charge in [0.25, 0.3) is 0 Å². The molecule has 0 spiro atoms. The van der Waals surface area contributed by atoms with Crippen LogP contribution in [0.1, 0.15) is 52.1 Å². The van der Waals surface area contributed by atoms with Gasteiger partial charge in [0, 0.05) is 29.3 Å². The van der Waals surface area contributed by atoms with E-state index in [-0.39, 0.29) is 6.04 Å². The number of rotatable bonds is 2. The van der Waals surface area contributed by atoms with Gasteiger partial charge in [0.15, 0.2) is 0 Å². The second-order valence-electron chi connectivity index (χ2n) is 7.12. The molecule has 2 nitrogen and oxygen atoms in total. The van der Waals surface area contributed by atoms with Crippen LogP contribution in [-0.2, 0) is 0 Å². The Morgan fingerprint density at radius 1 is 1.25 bits per heavy atom. The molecule has 3 heteroatoms. The molecule has 1 atom stereocenters. The van der Waals surface area contributed by atoms with Crippen molar-refractivity contribution in [3.63, 3.8) is 0 Å². The molecule has 2 rings (SSSR count). The lowest BCUT2D eigenvalue weighted by atomic mass is 9.75. The van der Waals surface area contributed by atoms with Crippen molar-refractivity contribution in [1.82, 2.24) is 0 Å². The van der Waals surface area contributed by atoms with Crippen molar-refractivity contribution in [3.8, 4) is 0 Å². The van der Waals surface area contributed by atoms with Crippen LogP contribution in [0.15, 0.2) is 22.7 Å². The smallest absolute Gasteiger partial charge is 0.0377 e. The molecular weight excluding hydrogens is 312 g/mol. The van der Waals surface area contributed by atoms with Crippen LogP contribution in [0.2, 0.25) is 0 Å². The Morgan fingerprint density at radius 3 is 2.30 bits per heavy atom. The summed E-state index contributed by atoms with van der Waals surface area (Å²) in [4.78, 5) is 2.50. The summed E-state index contributed by atoms with van der Waals surface area (Å²) in [5, 5.41) is 0. The van der Waals surface area contributed by atoms with Gasteiger partial charge in [-0.3, -0.25) is 0 Å². The highest BCUT2D eigenvalue weighted by Gasteiger charge is 2.28. The van der Waals surface area contributed by atoms with Gasteiger partial charge in [-0.25, -0.2) is 0 Å². The highest BCUT2D eigenvalue weighted by atomic mass is 79.9. The first-order valence-corrected chi connectivity index (χ1v) is 8.38. The van der Waals surface area contributed by atoms with Crippen molar-refractivity contribution in [1.29, 1.82) is 0 Å². The highest BCUT2D eigenvalue weighted by molar-refractivity contribution is 9.10. The van der Waals surface area contributed by atoms with Gasteiger partial charge in [-0.1, -0.05) is 42.8 Å². The molecule has 2 N–H and O–H groups in total. The summed E-state index contributed by atoms with van der Waals surface area (Å²) in [6.45, 7) is 11.4. The van der Waals surface area contributed by atoms with Gasteiger partial charge < -0.3 is 10.6 Å². The fourth-order valence-electron chi connectivity index (χ4n) is 3.09. The van der Waals surface area contributed by atoms with Crippen molar-refractivity contribution in [2.45, 2.75) is 46.6 Å². The molecule has 0 aromatic heterocycles. The summed E-state index contributed by atoms with van der Waals surface area (Å²) >= 11 is 3.65. The molecule has 0 radical (unpaired) electrons. The summed E-state index contributed by atoms with van der Waals surface area (Å²) in [5.74, 6) is 0.838. The second-order valence-corrected chi connectivity index (χ2v) is 7.98.